The number of nitrogens with two attached hydrogens (primary N) is 1. The van der Waals surface area contributed by atoms with Crippen molar-refractivity contribution in [3.63, 3.8) is 0 Å². The van der Waals surface area contributed by atoms with E-state index in [0.29, 0.717) is 12.5 Å². The highest BCUT2D eigenvalue weighted by Gasteiger charge is 2.33. The van der Waals surface area contributed by atoms with Crippen LogP contribution in [0.3, 0.4) is 0 Å². The van der Waals surface area contributed by atoms with Gasteiger partial charge in [-0.3, -0.25) is 10.1 Å². The van der Waals surface area contributed by atoms with Crippen LogP contribution in [0.4, 0.5) is 11.5 Å². The molecule has 2 rings (SSSR count). The number of ether oxygens (including phenoxy) is 1. The third kappa shape index (κ3) is 3.05. The molecular weight excluding hydrogens is 274 g/mol. The van der Waals surface area contributed by atoms with Crippen molar-refractivity contribution in [3.8, 4) is 5.88 Å². The van der Waals surface area contributed by atoms with Crippen LogP contribution in [0.1, 0.15) is 25.7 Å². The number of rotatable bonds is 5. The van der Waals surface area contributed by atoms with Crippen molar-refractivity contribution in [3.05, 3.63) is 16.4 Å². The molecule has 2 N–H and O–H groups in total. The molecule has 2 unspecified atom stereocenters. The van der Waals surface area contributed by atoms with Gasteiger partial charge in [-0.15, -0.1) is 0 Å². The Kier molecular flexibility index (Phi) is 4.89. The highest BCUT2D eigenvalue weighted by molar-refractivity contribution is 5.62. The topological polar surface area (TPSA) is 107 Å². The minimum absolute atomic E-state index is 0.0167. The quantitative estimate of drug-likeness (QED) is 0.645. The highest BCUT2D eigenvalue weighted by atomic mass is 16.6. The molecule has 0 aromatic carbocycles. The smallest absolute Gasteiger partial charge is 0.372 e. The fraction of sp³-hybridized carbons (Fsp3) is 0.692. The van der Waals surface area contributed by atoms with Crippen molar-refractivity contribution in [2.75, 3.05) is 25.6 Å². The van der Waals surface area contributed by atoms with Crippen molar-refractivity contribution in [1.82, 2.24) is 9.97 Å². The molecule has 2 atom stereocenters. The Balaban J connectivity index is 2.38. The number of anilines is 1. The Labute approximate surface area is 123 Å². The van der Waals surface area contributed by atoms with E-state index in [1.807, 2.05) is 11.9 Å². The molecule has 0 spiro atoms. The lowest BCUT2D eigenvalue weighted by Crippen LogP contribution is -2.43. The monoisotopic (exact) mass is 295 g/mol. The van der Waals surface area contributed by atoms with Gasteiger partial charge in [0.1, 0.15) is 6.33 Å². The maximum absolute atomic E-state index is 11.3. The number of methoxy groups -OCH3 is 1. The van der Waals surface area contributed by atoms with E-state index in [-0.39, 0.29) is 23.4 Å². The molecule has 1 aliphatic carbocycles. The first-order valence-electron chi connectivity index (χ1n) is 7.06. The predicted octanol–water partition coefficient (Wildman–Crippen LogP) is 1.35. The van der Waals surface area contributed by atoms with E-state index in [9.17, 15) is 10.1 Å². The molecule has 1 saturated carbocycles. The fourth-order valence-electron chi connectivity index (χ4n) is 3.05. The number of hydrogen-bond acceptors (Lipinski definition) is 7. The van der Waals surface area contributed by atoms with Crippen molar-refractivity contribution in [2.24, 2.45) is 11.7 Å². The molecule has 1 aromatic rings. The second-order valence-corrected chi connectivity index (χ2v) is 5.27. The van der Waals surface area contributed by atoms with Crippen LogP contribution in [0.5, 0.6) is 5.88 Å². The summed E-state index contributed by atoms with van der Waals surface area (Å²) in [6, 6.07) is 0.155. The molecule has 1 aliphatic rings. The third-order valence-corrected chi connectivity index (χ3v) is 4.15. The van der Waals surface area contributed by atoms with Gasteiger partial charge in [-0.25, -0.2) is 4.98 Å². The van der Waals surface area contributed by atoms with E-state index in [4.69, 9.17) is 10.5 Å². The molecule has 1 aromatic heterocycles. The van der Waals surface area contributed by atoms with Gasteiger partial charge in [0.15, 0.2) is 0 Å². The van der Waals surface area contributed by atoms with Crippen LogP contribution in [-0.4, -0.2) is 41.6 Å². The van der Waals surface area contributed by atoms with Gasteiger partial charge < -0.3 is 15.4 Å². The van der Waals surface area contributed by atoms with Crippen LogP contribution in [-0.2, 0) is 0 Å². The Morgan fingerprint density at radius 3 is 2.81 bits per heavy atom. The average molecular weight is 295 g/mol. The Bertz CT molecular complexity index is 511. The van der Waals surface area contributed by atoms with Crippen molar-refractivity contribution < 1.29 is 9.66 Å². The largest absolute Gasteiger partial charge is 0.476 e. The Morgan fingerprint density at radius 1 is 1.48 bits per heavy atom. The summed E-state index contributed by atoms with van der Waals surface area (Å²) in [6.07, 6.45) is 5.55. The molecular formula is C13H21N5O3. The maximum Gasteiger partial charge on any atom is 0.372 e. The Morgan fingerprint density at radius 2 is 2.19 bits per heavy atom. The lowest BCUT2D eigenvalue weighted by Gasteiger charge is -2.37. The molecule has 0 aliphatic heterocycles. The van der Waals surface area contributed by atoms with Crippen LogP contribution in [0, 0.1) is 16.0 Å². The summed E-state index contributed by atoms with van der Waals surface area (Å²) >= 11 is 0. The summed E-state index contributed by atoms with van der Waals surface area (Å²) in [7, 11) is 3.19. The van der Waals surface area contributed by atoms with Crippen LogP contribution >= 0.6 is 0 Å². The number of nitrogens with zero attached hydrogens (tertiary/aromatic N) is 4. The van der Waals surface area contributed by atoms with Crippen LogP contribution in [0.2, 0.25) is 0 Å². The maximum atomic E-state index is 11.3. The molecule has 8 heteroatoms. The van der Waals surface area contributed by atoms with Gasteiger partial charge in [0.2, 0.25) is 5.82 Å². The highest BCUT2D eigenvalue weighted by Crippen LogP contribution is 2.37. The summed E-state index contributed by atoms with van der Waals surface area (Å²) in [5.41, 5.74) is 5.65. The van der Waals surface area contributed by atoms with Crippen molar-refractivity contribution in [2.45, 2.75) is 31.7 Å². The summed E-state index contributed by atoms with van der Waals surface area (Å²) in [4.78, 5) is 20.6. The van der Waals surface area contributed by atoms with Gasteiger partial charge in [0.25, 0.3) is 5.88 Å². The molecule has 8 nitrogen and oxygen atoms in total. The van der Waals surface area contributed by atoms with Crippen LogP contribution < -0.4 is 15.4 Å². The summed E-state index contributed by atoms with van der Waals surface area (Å²) in [6.45, 7) is 0.574. The molecule has 1 heterocycles. The minimum atomic E-state index is -0.495. The number of aromatic nitrogens is 2. The molecule has 116 valence electrons. The molecule has 0 amide bonds. The fourth-order valence-corrected chi connectivity index (χ4v) is 3.05. The molecule has 21 heavy (non-hydrogen) atoms. The zero-order chi connectivity index (χ0) is 15.4. The number of nitro groups is 1. The van der Waals surface area contributed by atoms with Crippen LogP contribution in [0.15, 0.2) is 6.33 Å². The van der Waals surface area contributed by atoms with Crippen molar-refractivity contribution in [1.29, 1.82) is 0 Å². The standard InChI is InChI=1S/C13H21N5O3/c1-17(10-6-4-3-5-9(10)7-14)12-11(18(19)20)13(21-2)16-8-15-12/h8-10H,3-7,14H2,1-2H3. The first-order chi connectivity index (χ1) is 10.1. The Hall–Kier alpha value is -1.96. The zero-order valence-electron chi connectivity index (χ0n) is 12.4. The van der Waals surface area contributed by atoms with Crippen LogP contribution in [0.25, 0.3) is 0 Å². The predicted molar refractivity (Wildman–Crippen MR) is 78.4 cm³/mol. The van der Waals surface area contributed by atoms with Gasteiger partial charge in [-0.1, -0.05) is 12.8 Å². The van der Waals surface area contributed by atoms with Gasteiger partial charge in [-0.05, 0) is 25.3 Å². The molecule has 0 bridgehead atoms. The summed E-state index contributed by atoms with van der Waals surface area (Å²) in [5.74, 6) is 0.596. The lowest BCUT2D eigenvalue weighted by atomic mass is 9.83. The van der Waals surface area contributed by atoms with E-state index in [0.717, 1.165) is 25.7 Å². The van der Waals surface area contributed by atoms with Gasteiger partial charge in [0, 0.05) is 13.1 Å². The van der Waals surface area contributed by atoms with E-state index in [2.05, 4.69) is 9.97 Å². The van der Waals surface area contributed by atoms with E-state index in [1.54, 1.807) is 0 Å². The summed E-state index contributed by atoms with van der Waals surface area (Å²) < 4.78 is 4.99. The minimum Gasteiger partial charge on any atom is -0.476 e. The summed E-state index contributed by atoms with van der Waals surface area (Å²) in [5, 5.41) is 11.3. The van der Waals surface area contributed by atoms with Gasteiger partial charge in [0.05, 0.1) is 12.0 Å². The second kappa shape index (κ2) is 6.66. The first-order valence-corrected chi connectivity index (χ1v) is 7.06. The van der Waals surface area contributed by atoms with E-state index < -0.39 is 4.92 Å². The molecule has 0 saturated heterocycles. The second-order valence-electron chi connectivity index (χ2n) is 5.27. The van der Waals surface area contributed by atoms with E-state index in [1.165, 1.54) is 13.4 Å². The third-order valence-electron chi connectivity index (χ3n) is 4.15. The normalized spacial score (nSPS) is 21.9. The van der Waals surface area contributed by atoms with Crippen molar-refractivity contribution >= 4 is 11.5 Å². The van der Waals surface area contributed by atoms with Gasteiger partial charge >= 0.3 is 5.69 Å². The number of hydrogen-bond donors (Lipinski definition) is 1. The SMILES string of the molecule is COc1ncnc(N(C)C2CCCCC2CN)c1[N+](=O)[O-]. The van der Waals surface area contributed by atoms with E-state index >= 15 is 0 Å². The van der Waals surface area contributed by atoms with Gasteiger partial charge in [-0.2, -0.15) is 4.98 Å². The zero-order valence-corrected chi connectivity index (χ0v) is 12.4. The molecule has 0 radical (unpaired) electrons. The average Bonchev–Trinajstić information content (AvgIpc) is 2.53. The molecule has 1 fully saturated rings. The lowest BCUT2D eigenvalue weighted by molar-refractivity contribution is -0.385. The first kappa shape index (κ1) is 15.4.